The molecule has 3 rings (SSSR count). The number of carbonyl (C=O) groups excluding carboxylic acids is 2. The summed E-state index contributed by atoms with van der Waals surface area (Å²) in [5.41, 5.74) is 1.31. The van der Waals surface area contributed by atoms with Crippen molar-refractivity contribution in [3.8, 4) is 23.0 Å². The third kappa shape index (κ3) is 6.84. The Morgan fingerprint density at radius 2 is 1.49 bits per heavy atom. The number of ether oxygens (including phenoxy) is 7. The van der Waals surface area contributed by atoms with Crippen LogP contribution in [-0.2, 0) is 20.8 Å². The summed E-state index contributed by atoms with van der Waals surface area (Å²) in [6.45, 7) is 4.21. The molecular weight excluding hydrogens is 511 g/mol. The number of esters is 2. The second-order valence-corrected chi connectivity index (χ2v) is 8.47. The van der Waals surface area contributed by atoms with Crippen LogP contribution in [0.1, 0.15) is 43.0 Å². The van der Waals surface area contributed by atoms with Crippen LogP contribution >= 0.6 is 0 Å². The van der Waals surface area contributed by atoms with Crippen LogP contribution in [0.15, 0.2) is 42.5 Å². The van der Waals surface area contributed by atoms with Crippen molar-refractivity contribution >= 4 is 11.9 Å². The van der Waals surface area contributed by atoms with Crippen molar-refractivity contribution in [1.29, 1.82) is 0 Å². The van der Waals surface area contributed by atoms with Crippen LogP contribution in [0.25, 0.3) is 0 Å². The summed E-state index contributed by atoms with van der Waals surface area (Å²) < 4.78 is 52.7. The Labute approximate surface area is 226 Å². The minimum absolute atomic E-state index is 0.0481. The van der Waals surface area contributed by atoms with Crippen LogP contribution in [0.4, 0.5) is 4.39 Å². The predicted octanol–water partition coefficient (Wildman–Crippen LogP) is 5.30. The fourth-order valence-corrected chi connectivity index (χ4v) is 3.87. The summed E-state index contributed by atoms with van der Waals surface area (Å²) in [7, 11) is 4.13. The summed E-state index contributed by atoms with van der Waals surface area (Å²) in [4.78, 5) is 26.0. The van der Waals surface area contributed by atoms with Crippen LogP contribution in [0, 0.1) is 26.6 Å². The van der Waals surface area contributed by atoms with Crippen LogP contribution in [-0.4, -0.2) is 46.9 Å². The van der Waals surface area contributed by atoms with Crippen molar-refractivity contribution in [3.05, 3.63) is 81.7 Å². The zero-order chi connectivity index (χ0) is 28.5. The molecule has 0 amide bonds. The highest BCUT2D eigenvalue weighted by atomic mass is 19.1. The van der Waals surface area contributed by atoms with Gasteiger partial charge in [-0.05, 0) is 38.0 Å². The van der Waals surface area contributed by atoms with Crippen LogP contribution in [0.2, 0.25) is 0 Å². The molecule has 10 heteroatoms. The average Bonchev–Trinajstić information content (AvgIpc) is 2.94. The Morgan fingerprint density at radius 3 is 2.13 bits per heavy atom. The zero-order valence-corrected chi connectivity index (χ0v) is 22.7. The third-order valence-corrected chi connectivity index (χ3v) is 5.78. The molecule has 0 radical (unpaired) electrons. The molecule has 0 saturated heterocycles. The van der Waals surface area contributed by atoms with Gasteiger partial charge >= 0.3 is 11.9 Å². The monoisotopic (exact) mass is 542 g/mol. The van der Waals surface area contributed by atoms with Crippen molar-refractivity contribution in [2.45, 2.75) is 27.4 Å². The Bertz CT molecular complexity index is 1320. The third-order valence-electron chi connectivity index (χ3n) is 5.78. The molecule has 0 aliphatic heterocycles. The van der Waals surface area contributed by atoms with Crippen LogP contribution in [0.3, 0.4) is 0 Å². The quantitative estimate of drug-likeness (QED) is 0.171. The maximum absolute atomic E-state index is 15.5. The Balaban J connectivity index is 1.96. The molecule has 0 heterocycles. The van der Waals surface area contributed by atoms with Crippen molar-refractivity contribution in [2.24, 2.45) is 0 Å². The van der Waals surface area contributed by atoms with Gasteiger partial charge in [0.1, 0.15) is 35.0 Å². The van der Waals surface area contributed by atoms with Gasteiger partial charge in [-0.15, -0.1) is 0 Å². The van der Waals surface area contributed by atoms with Gasteiger partial charge in [0.2, 0.25) is 0 Å². The van der Waals surface area contributed by atoms with Gasteiger partial charge in [-0.25, -0.2) is 14.0 Å². The number of carbonyl (C=O) groups is 2. The highest BCUT2D eigenvalue weighted by Gasteiger charge is 2.30. The standard InChI is InChI=1S/C29H31FO9/c1-17-12-21(36-14-20-10-8-7-9-11-20)13-22(35-6)23(17)29(32)39-27-19(3)26(37-15-33-4)24(18(2)25(27)30)28(31)38-16-34-5/h7-13H,14-16H2,1-6H3. The van der Waals surface area contributed by atoms with E-state index in [9.17, 15) is 9.59 Å². The molecule has 0 fully saturated rings. The van der Waals surface area contributed by atoms with Gasteiger partial charge in [-0.3, -0.25) is 0 Å². The van der Waals surface area contributed by atoms with Gasteiger partial charge in [-0.2, -0.15) is 0 Å². The summed E-state index contributed by atoms with van der Waals surface area (Å²) in [6.07, 6.45) is 0. The normalized spacial score (nSPS) is 10.6. The van der Waals surface area contributed by atoms with E-state index in [2.05, 4.69) is 0 Å². The first-order chi connectivity index (χ1) is 18.7. The lowest BCUT2D eigenvalue weighted by molar-refractivity contribution is -0.0134. The van der Waals surface area contributed by atoms with E-state index in [1.165, 1.54) is 35.2 Å². The Morgan fingerprint density at radius 1 is 0.795 bits per heavy atom. The zero-order valence-electron chi connectivity index (χ0n) is 22.7. The molecule has 0 aliphatic rings. The minimum atomic E-state index is -0.922. The highest BCUT2D eigenvalue weighted by Crippen LogP contribution is 2.39. The maximum atomic E-state index is 15.5. The molecular formula is C29H31FO9. The first-order valence-corrected chi connectivity index (χ1v) is 11.9. The van der Waals surface area contributed by atoms with Crippen molar-refractivity contribution in [1.82, 2.24) is 0 Å². The molecule has 0 saturated carbocycles. The summed E-state index contributed by atoms with van der Waals surface area (Å²) in [5.74, 6) is -2.44. The van der Waals surface area contributed by atoms with E-state index in [1.807, 2.05) is 30.3 Å². The average molecular weight is 543 g/mol. The molecule has 0 aromatic heterocycles. The molecule has 0 bridgehead atoms. The van der Waals surface area contributed by atoms with E-state index in [-0.39, 0.29) is 47.3 Å². The lowest BCUT2D eigenvalue weighted by atomic mass is 10.0. The van der Waals surface area contributed by atoms with Gasteiger partial charge in [0, 0.05) is 31.4 Å². The van der Waals surface area contributed by atoms with E-state index in [0.29, 0.717) is 17.9 Å². The lowest BCUT2D eigenvalue weighted by Crippen LogP contribution is -2.18. The smallest absolute Gasteiger partial charge is 0.347 e. The van der Waals surface area contributed by atoms with E-state index in [0.717, 1.165) is 5.56 Å². The second kappa shape index (κ2) is 13.6. The SMILES string of the molecule is COCOC(=O)c1c(C)c(F)c(OC(=O)c2c(C)cc(OCc3ccccc3)cc2OC)c(C)c1OCOC. The molecule has 0 unspecified atom stereocenters. The number of rotatable bonds is 12. The number of hydrogen-bond donors (Lipinski definition) is 0. The van der Waals surface area contributed by atoms with Crippen molar-refractivity contribution in [3.63, 3.8) is 0 Å². The first kappa shape index (κ1) is 29.4. The molecule has 208 valence electrons. The molecule has 0 aliphatic carbocycles. The highest BCUT2D eigenvalue weighted by molar-refractivity contribution is 5.98. The topological polar surface area (TPSA) is 98.8 Å². The van der Waals surface area contributed by atoms with Gasteiger partial charge < -0.3 is 33.2 Å². The molecule has 0 spiro atoms. The molecule has 0 atom stereocenters. The minimum Gasteiger partial charge on any atom is -0.496 e. The van der Waals surface area contributed by atoms with Gasteiger partial charge in [-0.1, -0.05) is 30.3 Å². The summed E-state index contributed by atoms with van der Waals surface area (Å²) in [5, 5.41) is 0. The number of methoxy groups -OCH3 is 3. The second-order valence-electron chi connectivity index (χ2n) is 8.47. The predicted molar refractivity (Wildman–Crippen MR) is 139 cm³/mol. The van der Waals surface area contributed by atoms with E-state index < -0.39 is 23.5 Å². The van der Waals surface area contributed by atoms with Crippen LogP contribution in [0.5, 0.6) is 23.0 Å². The Kier molecular flexibility index (Phi) is 10.2. The lowest BCUT2D eigenvalue weighted by Gasteiger charge is -2.20. The van der Waals surface area contributed by atoms with Gasteiger partial charge in [0.05, 0.1) is 7.11 Å². The van der Waals surface area contributed by atoms with E-state index in [1.54, 1.807) is 19.1 Å². The summed E-state index contributed by atoms with van der Waals surface area (Å²) in [6, 6.07) is 12.8. The number of halogens is 1. The fraction of sp³-hybridized carbons (Fsp3) is 0.310. The van der Waals surface area contributed by atoms with E-state index in [4.69, 9.17) is 33.2 Å². The number of hydrogen-bond acceptors (Lipinski definition) is 9. The van der Waals surface area contributed by atoms with Gasteiger partial charge in [0.15, 0.2) is 25.2 Å². The van der Waals surface area contributed by atoms with Crippen molar-refractivity contribution < 1.29 is 47.1 Å². The number of benzene rings is 3. The summed E-state index contributed by atoms with van der Waals surface area (Å²) >= 11 is 0. The largest absolute Gasteiger partial charge is 0.496 e. The van der Waals surface area contributed by atoms with Crippen LogP contribution < -0.4 is 18.9 Å². The molecule has 3 aromatic rings. The Hall–Kier alpha value is -4.15. The van der Waals surface area contributed by atoms with E-state index >= 15 is 4.39 Å². The molecule has 3 aromatic carbocycles. The molecule has 0 N–H and O–H groups in total. The number of aryl methyl sites for hydroxylation is 1. The molecule has 9 nitrogen and oxygen atoms in total. The first-order valence-electron chi connectivity index (χ1n) is 11.9. The maximum Gasteiger partial charge on any atom is 0.347 e. The van der Waals surface area contributed by atoms with Crippen molar-refractivity contribution in [2.75, 3.05) is 34.9 Å². The van der Waals surface area contributed by atoms with Gasteiger partial charge in [0.25, 0.3) is 0 Å². The fourth-order valence-electron chi connectivity index (χ4n) is 3.87. The molecule has 39 heavy (non-hydrogen) atoms.